The third-order valence-electron chi connectivity index (χ3n) is 2.47. The minimum absolute atomic E-state index is 0.674. The molecule has 0 aliphatic heterocycles. The highest BCUT2D eigenvalue weighted by molar-refractivity contribution is 5.99. The molecule has 0 fully saturated rings. The molecule has 1 aromatic carbocycles. The fourth-order valence-electron chi connectivity index (χ4n) is 1.54. The summed E-state index contributed by atoms with van der Waals surface area (Å²) in [5, 5.41) is 11.7. The van der Waals surface area contributed by atoms with Crippen molar-refractivity contribution in [3.63, 3.8) is 0 Å². The first-order chi connectivity index (χ1) is 8.74. The van der Waals surface area contributed by atoms with Gasteiger partial charge in [-0.05, 0) is 25.1 Å². The van der Waals surface area contributed by atoms with Crippen LogP contribution in [0.2, 0.25) is 0 Å². The Labute approximate surface area is 105 Å². The fraction of sp³-hybridized carbons (Fsp3) is 0.250. The molecule has 6 nitrogen and oxygen atoms in total. The number of hydrogen-bond acceptors (Lipinski definition) is 5. The number of nitrogens with zero attached hydrogens (tertiary/aromatic N) is 4. The van der Waals surface area contributed by atoms with Gasteiger partial charge in [0, 0.05) is 5.56 Å². The second-order valence-electron chi connectivity index (χ2n) is 3.60. The molecule has 18 heavy (non-hydrogen) atoms. The van der Waals surface area contributed by atoms with Crippen LogP contribution in [0.15, 0.2) is 36.0 Å². The largest absolute Gasteiger partial charge is 0.493 e. The molecule has 1 heterocycles. The highest BCUT2D eigenvalue weighted by Gasteiger charge is 2.06. The minimum atomic E-state index is 0.674. The molecule has 0 saturated carbocycles. The van der Waals surface area contributed by atoms with Crippen molar-refractivity contribution >= 4 is 5.71 Å². The molecule has 0 atom stereocenters. The van der Waals surface area contributed by atoms with Gasteiger partial charge in [0.25, 0.3) is 0 Å². The smallest absolute Gasteiger partial charge is 0.161 e. The van der Waals surface area contributed by atoms with Gasteiger partial charge in [0.15, 0.2) is 11.5 Å². The molecule has 0 bridgehead atoms. The molecule has 0 saturated heterocycles. The van der Waals surface area contributed by atoms with E-state index in [1.165, 1.54) is 12.7 Å². The van der Waals surface area contributed by atoms with Gasteiger partial charge in [-0.1, -0.05) is 0 Å². The van der Waals surface area contributed by atoms with E-state index < -0.39 is 0 Å². The molecular formula is C12H14N4O2. The zero-order chi connectivity index (χ0) is 13.0. The Morgan fingerprint density at radius 2 is 1.78 bits per heavy atom. The van der Waals surface area contributed by atoms with Gasteiger partial charge in [-0.2, -0.15) is 5.10 Å². The van der Waals surface area contributed by atoms with Gasteiger partial charge in [-0.25, -0.2) is 4.68 Å². The van der Waals surface area contributed by atoms with Crippen molar-refractivity contribution in [1.82, 2.24) is 14.9 Å². The summed E-state index contributed by atoms with van der Waals surface area (Å²) < 4.78 is 12.0. The van der Waals surface area contributed by atoms with Crippen molar-refractivity contribution in [2.24, 2.45) is 5.10 Å². The number of aromatic nitrogens is 3. The summed E-state index contributed by atoms with van der Waals surface area (Å²) in [7, 11) is 3.21. The first-order valence-electron chi connectivity index (χ1n) is 5.37. The number of rotatable bonds is 4. The Morgan fingerprint density at radius 1 is 1.11 bits per heavy atom. The van der Waals surface area contributed by atoms with Gasteiger partial charge < -0.3 is 9.47 Å². The van der Waals surface area contributed by atoms with Crippen LogP contribution in [-0.4, -0.2) is 34.8 Å². The Morgan fingerprint density at radius 3 is 2.39 bits per heavy atom. The van der Waals surface area contributed by atoms with Gasteiger partial charge in [-0.15, -0.1) is 10.2 Å². The maximum Gasteiger partial charge on any atom is 0.161 e. The number of methoxy groups -OCH3 is 2. The van der Waals surface area contributed by atoms with E-state index in [0.717, 1.165) is 11.3 Å². The van der Waals surface area contributed by atoms with E-state index in [4.69, 9.17) is 9.47 Å². The van der Waals surface area contributed by atoms with E-state index >= 15 is 0 Å². The fourth-order valence-corrected chi connectivity index (χ4v) is 1.54. The SMILES string of the molecule is COc1ccc(C(C)=Nn2cnnc2)cc1OC. The van der Waals surface area contributed by atoms with Crippen LogP contribution in [0.1, 0.15) is 12.5 Å². The van der Waals surface area contributed by atoms with Gasteiger partial charge >= 0.3 is 0 Å². The Bertz CT molecular complexity index is 549. The third kappa shape index (κ3) is 2.48. The van der Waals surface area contributed by atoms with Crippen molar-refractivity contribution < 1.29 is 9.47 Å². The predicted molar refractivity (Wildman–Crippen MR) is 67.2 cm³/mol. The molecule has 0 N–H and O–H groups in total. The molecule has 6 heteroatoms. The van der Waals surface area contributed by atoms with Gasteiger partial charge in [-0.3, -0.25) is 0 Å². The first-order valence-corrected chi connectivity index (χ1v) is 5.37. The molecule has 0 aliphatic carbocycles. The van der Waals surface area contributed by atoms with E-state index in [9.17, 15) is 0 Å². The lowest BCUT2D eigenvalue weighted by atomic mass is 10.1. The molecule has 1 aromatic heterocycles. The topological polar surface area (TPSA) is 61.5 Å². The second-order valence-corrected chi connectivity index (χ2v) is 3.60. The lowest BCUT2D eigenvalue weighted by Gasteiger charge is -2.09. The predicted octanol–water partition coefficient (Wildman–Crippen LogP) is 1.57. The van der Waals surface area contributed by atoms with Crippen LogP contribution in [0.3, 0.4) is 0 Å². The summed E-state index contributed by atoms with van der Waals surface area (Å²) >= 11 is 0. The Hall–Kier alpha value is -2.37. The Kier molecular flexibility index (Phi) is 3.57. The first kappa shape index (κ1) is 12.1. The van der Waals surface area contributed by atoms with Crippen LogP contribution in [0.4, 0.5) is 0 Å². The lowest BCUT2D eigenvalue weighted by molar-refractivity contribution is 0.355. The molecule has 0 radical (unpaired) electrons. The van der Waals surface area contributed by atoms with Crippen molar-refractivity contribution in [1.29, 1.82) is 0 Å². The molecule has 0 unspecified atom stereocenters. The molecule has 0 aliphatic rings. The summed E-state index contributed by atoms with van der Waals surface area (Å²) in [6, 6.07) is 5.64. The zero-order valence-electron chi connectivity index (χ0n) is 10.5. The van der Waals surface area contributed by atoms with Crippen LogP contribution in [0.25, 0.3) is 0 Å². The average Bonchev–Trinajstić information content (AvgIpc) is 2.90. The highest BCUT2D eigenvalue weighted by atomic mass is 16.5. The van der Waals surface area contributed by atoms with Crippen LogP contribution in [-0.2, 0) is 0 Å². The van der Waals surface area contributed by atoms with Gasteiger partial charge in [0.05, 0.1) is 19.9 Å². The number of benzene rings is 1. The van der Waals surface area contributed by atoms with Crippen LogP contribution in [0.5, 0.6) is 11.5 Å². The maximum atomic E-state index is 5.25. The summed E-state index contributed by atoms with van der Waals surface area (Å²) in [6.45, 7) is 1.90. The normalized spacial score (nSPS) is 11.4. The third-order valence-corrected chi connectivity index (χ3v) is 2.47. The van der Waals surface area contributed by atoms with E-state index in [0.29, 0.717) is 11.5 Å². The van der Waals surface area contributed by atoms with Crippen molar-refractivity contribution in [2.45, 2.75) is 6.92 Å². The van der Waals surface area contributed by atoms with Crippen molar-refractivity contribution in [2.75, 3.05) is 14.2 Å². The molecule has 0 spiro atoms. The quantitative estimate of drug-likeness (QED) is 0.768. The highest BCUT2D eigenvalue weighted by Crippen LogP contribution is 2.27. The standard InChI is InChI=1S/C12H14N4O2/c1-9(15-16-7-13-14-8-16)10-4-5-11(17-2)12(6-10)18-3/h4-8H,1-3H3. The van der Waals surface area contributed by atoms with Crippen molar-refractivity contribution in [3.8, 4) is 11.5 Å². The van der Waals surface area contributed by atoms with Crippen LogP contribution >= 0.6 is 0 Å². The average molecular weight is 246 g/mol. The van der Waals surface area contributed by atoms with Gasteiger partial charge in [0.2, 0.25) is 0 Å². The monoisotopic (exact) mass is 246 g/mol. The molecule has 0 amide bonds. The summed E-state index contributed by atoms with van der Waals surface area (Å²) in [5.74, 6) is 1.37. The minimum Gasteiger partial charge on any atom is -0.493 e. The molecule has 94 valence electrons. The van der Waals surface area contributed by atoms with E-state index in [1.54, 1.807) is 18.9 Å². The van der Waals surface area contributed by atoms with Gasteiger partial charge in [0.1, 0.15) is 12.7 Å². The van der Waals surface area contributed by atoms with Crippen molar-refractivity contribution in [3.05, 3.63) is 36.4 Å². The Balaban J connectivity index is 2.34. The summed E-state index contributed by atoms with van der Waals surface area (Å²) in [6.07, 6.45) is 3.06. The summed E-state index contributed by atoms with van der Waals surface area (Å²) in [5.41, 5.74) is 1.78. The van der Waals surface area contributed by atoms with Crippen LogP contribution in [0, 0.1) is 0 Å². The molecule has 2 rings (SSSR count). The van der Waals surface area contributed by atoms with E-state index in [1.807, 2.05) is 25.1 Å². The molecular weight excluding hydrogens is 232 g/mol. The molecule has 2 aromatic rings. The zero-order valence-corrected chi connectivity index (χ0v) is 10.5. The second kappa shape index (κ2) is 5.31. The van der Waals surface area contributed by atoms with E-state index in [-0.39, 0.29) is 0 Å². The van der Waals surface area contributed by atoms with E-state index in [2.05, 4.69) is 15.3 Å². The summed E-state index contributed by atoms with van der Waals surface area (Å²) in [4.78, 5) is 0. The number of hydrogen-bond donors (Lipinski definition) is 0. The lowest BCUT2D eigenvalue weighted by Crippen LogP contribution is -2.00. The maximum absolute atomic E-state index is 5.25. The van der Waals surface area contributed by atoms with Crippen LogP contribution < -0.4 is 9.47 Å². The number of ether oxygens (including phenoxy) is 2.